The number of hydrogen-bond acceptors (Lipinski definition) is 0. The van der Waals surface area contributed by atoms with Crippen LogP contribution in [0.25, 0.3) is 5.57 Å². The Balaban J connectivity index is 2.06. The van der Waals surface area contributed by atoms with Crippen molar-refractivity contribution in [2.75, 3.05) is 0 Å². The minimum atomic E-state index is 0.274. The third-order valence-electron chi connectivity index (χ3n) is 3.18. The Morgan fingerprint density at radius 3 is 1.63 bits per heavy atom. The molecule has 0 spiro atoms. The maximum absolute atomic E-state index is 3.59. The predicted octanol–water partition coefficient (Wildman–Crippen LogP) is 4.66. The van der Waals surface area contributed by atoms with Crippen LogP contribution in [0, 0.1) is 12.0 Å². The summed E-state index contributed by atoms with van der Waals surface area (Å²) in [6.45, 7) is 0. The van der Waals surface area contributed by atoms with Gasteiger partial charge in [-0.1, -0.05) is 85.0 Å². The maximum atomic E-state index is 3.59. The van der Waals surface area contributed by atoms with Gasteiger partial charge < -0.3 is 0 Å². The van der Waals surface area contributed by atoms with Gasteiger partial charge >= 0.3 is 0 Å². The first-order chi connectivity index (χ1) is 9.43. The molecule has 0 aliphatic heterocycles. The Morgan fingerprint density at radius 2 is 1.16 bits per heavy atom. The van der Waals surface area contributed by atoms with Crippen molar-refractivity contribution < 1.29 is 0 Å². The molecule has 0 saturated carbocycles. The molecule has 0 N–H and O–H groups in total. The zero-order chi connectivity index (χ0) is 12.9. The van der Waals surface area contributed by atoms with E-state index in [4.69, 9.17) is 0 Å². The second kappa shape index (κ2) is 5.53. The van der Waals surface area contributed by atoms with E-state index in [0.29, 0.717) is 0 Å². The van der Waals surface area contributed by atoms with Crippen molar-refractivity contribution in [2.45, 2.75) is 0 Å². The Bertz CT molecular complexity index is 562. The van der Waals surface area contributed by atoms with Gasteiger partial charge in [-0.3, -0.25) is 0 Å². The molecule has 2 aromatic rings. The summed E-state index contributed by atoms with van der Waals surface area (Å²) in [6, 6.07) is 20.9. The van der Waals surface area contributed by atoms with E-state index in [1.54, 1.807) is 0 Å². The van der Waals surface area contributed by atoms with E-state index in [2.05, 4.69) is 78.9 Å². The second-order valence-electron chi connectivity index (χ2n) is 4.55. The third kappa shape index (κ3) is 2.74. The largest absolute Gasteiger partial charge is 0.0732 e. The van der Waals surface area contributed by atoms with Crippen molar-refractivity contribution in [3.63, 3.8) is 0 Å². The molecule has 0 bridgehead atoms. The standard InChI is InChI=1S/C19H15/c1-3-11-17(12-4-1)19(15-16-9-7-8-10-16)18-13-5-2-6-14-18/h1-14,16H. The van der Waals surface area contributed by atoms with Crippen LogP contribution in [-0.2, 0) is 0 Å². The zero-order valence-corrected chi connectivity index (χ0v) is 10.7. The summed E-state index contributed by atoms with van der Waals surface area (Å²) in [7, 11) is 0. The fourth-order valence-electron chi connectivity index (χ4n) is 2.24. The summed E-state index contributed by atoms with van der Waals surface area (Å²) >= 11 is 0. The molecule has 1 radical (unpaired) electrons. The Labute approximate surface area is 114 Å². The number of rotatable bonds is 3. The summed E-state index contributed by atoms with van der Waals surface area (Å²) < 4.78 is 0. The molecule has 3 rings (SSSR count). The molecule has 0 atom stereocenters. The van der Waals surface area contributed by atoms with Gasteiger partial charge in [0.2, 0.25) is 0 Å². The van der Waals surface area contributed by atoms with Gasteiger partial charge in [0.25, 0.3) is 0 Å². The van der Waals surface area contributed by atoms with Crippen LogP contribution < -0.4 is 0 Å². The Morgan fingerprint density at radius 1 is 0.684 bits per heavy atom. The summed E-state index contributed by atoms with van der Waals surface area (Å²) in [5.74, 6) is 0.274. The van der Waals surface area contributed by atoms with E-state index in [1.165, 1.54) is 16.7 Å². The van der Waals surface area contributed by atoms with Crippen LogP contribution in [0.5, 0.6) is 0 Å². The van der Waals surface area contributed by atoms with Crippen LogP contribution in [0.4, 0.5) is 0 Å². The van der Waals surface area contributed by atoms with E-state index in [0.717, 1.165) is 0 Å². The van der Waals surface area contributed by atoms with Crippen LogP contribution in [0.15, 0.2) is 85.0 Å². The highest BCUT2D eigenvalue weighted by Gasteiger charge is 2.08. The molecule has 1 aliphatic rings. The molecular weight excluding hydrogens is 228 g/mol. The van der Waals surface area contributed by atoms with Crippen molar-refractivity contribution in [3.8, 4) is 0 Å². The van der Waals surface area contributed by atoms with Gasteiger partial charge in [-0.2, -0.15) is 0 Å². The van der Waals surface area contributed by atoms with Gasteiger partial charge in [0.1, 0.15) is 0 Å². The first kappa shape index (κ1) is 11.7. The number of allylic oxidation sites excluding steroid dienone is 5. The van der Waals surface area contributed by atoms with Crippen LogP contribution in [-0.4, -0.2) is 0 Å². The molecule has 0 heterocycles. The first-order valence-corrected chi connectivity index (χ1v) is 6.53. The molecule has 91 valence electrons. The van der Waals surface area contributed by atoms with Gasteiger partial charge in [-0.15, -0.1) is 0 Å². The van der Waals surface area contributed by atoms with Gasteiger partial charge in [0.15, 0.2) is 0 Å². The lowest BCUT2D eigenvalue weighted by atomic mass is 9.94. The second-order valence-corrected chi connectivity index (χ2v) is 4.55. The highest BCUT2D eigenvalue weighted by Crippen LogP contribution is 2.25. The Hall–Kier alpha value is -2.34. The normalized spacial score (nSPS) is 13.7. The molecule has 0 unspecified atom stereocenters. The molecule has 0 aromatic heterocycles. The van der Waals surface area contributed by atoms with E-state index < -0.39 is 0 Å². The van der Waals surface area contributed by atoms with Crippen LogP contribution in [0.2, 0.25) is 0 Å². The maximum Gasteiger partial charge on any atom is 0.0214 e. The molecule has 2 aromatic carbocycles. The quantitative estimate of drug-likeness (QED) is 0.735. The third-order valence-corrected chi connectivity index (χ3v) is 3.18. The van der Waals surface area contributed by atoms with Gasteiger partial charge in [-0.25, -0.2) is 0 Å². The van der Waals surface area contributed by atoms with Crippen molar-refractivity contribution in [3.05, 3.63) is 102 Å². The molecule has 0 saturated heterocycles. The van der Waals surface area contributed by atoms with Crippen molar-refractivity contribution in [2.24, 2.45) is 5.92 Å². The molecule has 0 amide bonds. The topological polar surface area (TPSA) is 0 Å². The lowest BCUT2D eigenvalue weighted by Gasteiger charge is -2.09. The van der Waals surface area contributed by atoms with Crippen molar-refractivity contribution in [1.29, 1.82) is 0 Å². The highest BCUT2D eigenvalue weighted by molar-refractivity contribution is 5.78. The zero-order valence-electron chi connectivity index (χ0n) is 10.7. The average molecular weight is 243 g/mol. The van der Waals surface area contributed by atoms with E-state index in [-0.39, 0.29) is 5.92 Å². The van der Waals surface area contributed by atoms with E-state index >= 15 is 0 Å². The van der Waals surface area contributed by atoms with Crippen molar-refractivity contribution >= 4 is 5.57 Å². The number of hydrogen-bond donors (Lipinski definition) is 0. The van der Waals surface area contributed by atoms with Gasteiger partial charge in [-0.05, 0) is 22.8 Å². The monoisotopic (exact) mass is 243 g/mol. The molecule has 0 nitrogen and oxygen atoms in total. The van der Waals surface area contributed by atoms with E-state index in [1.807, 2.05) is 12.1 Å². The van der Waals surface area contributed by atoms with Gasteiger partial charge in [0.05, 0.1) is 0 Å². The molecular formula is C19H15. The molecule has 19 heavy (non-hydrogen) atoms. The van der Waals surface area contributed by atoms with Gasteiger partial charge in [0, 0.05) is 5.92 Å². The SMILES string of the molecule is [C](=C(c1ccccc1)c1ccccc1)C1C=CC=C1. The predicted molar refractivity (Wildman–Crippen MR) is 80.4 cm³/mol. The summed E-state index contributed by atoms with van der Waals surface area (Å²) in [6.07, 6.45) is 12.1. The fourth-order valence-corrected chi connectivity index (χ4v) is 2.24. The summed E-state index contributed by atoms with van der Waals surface area (Å²) in [5, 5.41) is 0. The van der Waals surface area contributed by atoms with Crippen molar-refractivity contribution in [1.82, 2.24) is 0 Å². The first-order valence-electron chi connectivity index (χ1n) is 6.53. The minimum absolute atomic E-state index is 0.274. The van der Waals surface area contributed by atoms with Crippen LogP contribution in [0.3, 0.4) is 0 Å². The molecule has 1 aliphatic carbocycles. The average Bonchev–Trinajstić information content (AvgIpc) is 3.00. The highest BCUT2D eigenvalue weighted by atomic mass is 14.1. The fraction of sp³-hybridized carbons (Fsp3) is 0.0526. The summed E-state index contributed by atoms with van der Waals surface area (Å²) in [4.78, 5) is 0. The lowest BCUT2D eigenvalue weighted by molar-refractivity contribution is 1.06. The smallest absolute Gasteiger partial charge is 0.0214 e. The Kier molecular flexibility index (Phi) is 3.42. The summed E-state index contributed by atoms with van der Waals surface area (Å²) in [5.41, 5.74) is 3.59. The molecule has 0 heteroatoms. The lowest BCUT2D eigenvalue weighted by Crippen LogP contribution is -1.92. The van der Waals surface area contributed by atoms with Crippen LogP contribution in [0.1, 0.15) is 11.1 Å². The molecule has 0 fully saturated rings. The minimum Gasteiger partial charge on any atom is -0.0732 e. The number of benzene rings is 2. The van der Waals surface area contributed by atoms with Crippen LogP contribution >= 0.6 is 0 Å². The van der Waals surface area contributed by atoms with E-state index in [9.17, 15) is 0 Å².